The summed E-state index contributed by atoms with van der Waals surface area (Å²) in [5, 5.41) is 12.1. The zero-order chi connectivity index (χ0) is 12.3. The van der Waals surface area contributed by atoms with Gasteiger partial charge in [0.1, 0.15) is 12.2 Å². The molecule has 0 spiro atoms. The number of carbonyl (C=O) groups is 1. The van der Waals surface area contributed by atoms with Gasteiger partial charge in [-0.1, -0.05) is 17.3 Å². The van der Waals surface area contributed by atoms with E-state index in [2.05, 4.69) is 10.1 Å². The van der Waals surface area contributed by atoms with Crippen molar-refractivity contribution in [2.24, 2.45) is 0 Å². The molecule has 1 aromatic heterocycles. The van der Waals surface area contributed by atoms with Crippen LogP contribution in [-0.4, -0.2) is 21.2 Å². The smallest absolute Gasteiger partial charge is 0.311 e. The summed E-state index contributed by atoms with van der Waals surface area (Å²) in [5.41, 5.74) is 0.817. The van der Waals surface area contributed by atoms with Gasteiger partial charge in [0, 0.05) is 0 Å². The minimum atomic E-state index is -1.01. The largest absolute Gasteiger partial charge is 0.481 e. The van der Waals surface area contributed by atoms with Crippen molar-refractivity contribution in [2.45, 2.75) is 12.8 Å². The Morgan fingerprint density at radius 3 is 2.71 bits per heavy atom. The number of nitrogens with zero attached hydrogens (tertiary/aromatic N) is 2. The summed E-state index contributed by atoms with van der Waals surface area (Å²) in [6.45, 7) is 0. The molecule has 1 heterocycles. The zero-order valence-electron chi connectivity index (χ0n) is 8.76. The average Bonchev–Trinajstić information content (AvgIpc) is 2.68. The summed E-state index contributed by atoms with van der Waals surface area (Å²) in [4.78, 5) is 14.3. The fourth-order valence-electron chi connectivity index (χ4n) is 1.35. The van der Waals surface area contributed by atoms with E-state index in [1.54, 1.807) is 12.1 Å². The molecule has 0 radical (unpaired) electrons. The molecular formula is C11H9FN2O3. The molecule has 0 aliphatic heterocycles. The van der Waals surface area contributed by atoms with E-state index in [-0.39, 0.29) is 18.1 Å². The number of carboxylic acids is 1. The lowest BCUT2D eigenvalue weighted by Gasteiger charge is -1.95. The van der Waals surface area contributed by atoms with Gasteiger partial charge in [0.05, 0.1) is 6.42 Å². The molecule has 0 bridgehead atoms. The second-order valence-corrected chi connectivity index (χ2v) is 3.48. The van der Waals surface area contributed by atoms with Gasteiger partial charge in [0.25, 0.3) is 0 Å². The Hall–Kier alpha value is -2.24. The van der Waals surface area contributed by atoms with E-state index in [1.165, 1.54) is 12.1 Å². The third kappa shape index (κ3) is 3.10. The number of hydrogen-bond donors (Lipinski definition) is 1. The highest BCUT2D eigenvalue weighted by Crippen LogP contribution is 2.09. The molecule has 2 rings (SSSR count). The van der Waals surface area contributed by atoms with Crippen molar-refractivity contribution in [3.05, 3.63) is 47.4 Å². The molecular weight excluding hydrogens is 227 g/mol. The van der Waals surface area contributed by atoms with E-state index < -0.39 is 5.97 Å². The zero-order valence-corrected chi connectivity index (χ0v) is 8.76. The fraction of sp³-hybridized carbons (Fsp3) is 0.182. The first-order valence-corrected chi connectivity index (χ1v) is 4.91. The number of carboxylic acid groups (broad SMARTS) is 1. The standard InChI is InChI=1S/C11H9FN2O3/c12-8-3-1-7(2-4-8)5-10-13-9(14-17-10)6-11(15)16/h1-4H,5-6H2,(H,15,16). The summed E-state index contributed by atoms with van der Waals surface area (Å²) in [5.74, 6) is -0.882. The first kappa shape index (κ1) is 11.3. The van der Waals surface area contributed by atoms with Crippen molar-refractivity contribution in [1.29, 1.82) is 0 Å². The third-order valence-electron chi connectivity index (χ3n) is 2.09. The van der Waals surface area contributed by atoms with Crippen LogP contribution in [0.1, 0.15) is 17.3 Å². The second-order valence-electron chi connectivity index (χ2n) is 3.48. The highest BCUT2D eigenvalue weighted by atomic mass is 19.1. The second kappa shape index (κ2) is 4.73. The Kier molecular flexibility index (Phi) is 3.13. The highest BCUT2D eigenvalue weighted by molar-refractivity contribution is 5.68. The van der Waals surface area contributed by atoms with Gasteiger partial charge in [0.2, 0.25) is 5.89 Å². The van der Waals surface area contributed by atoms with Gasteiger partial charge in [0.15, 0.2) is 5.82 Å². The highest BCUT2D eigenvalue weighted by Gasteiger charge is 2.10. The lowest BCUT2D eigenvalue weighted by molar-refractivity contribution is -0.136. The van der Waals surface area contributed by atoms with Crippen molar-refractivity contribution >= 4 is 5.97 Å². The minimum Gasteiger partial charge on any atom is -0.481 e. The normalized spacial score (nSPS) is 10.4. The summed E-state index contributed by atoms with van der Waals surface area (Å²) in [7, 11) is 0. The Balaban J connectivity index is 2.06. The van der Waals surface area contributed by atoms with Crippen molar-refractivity contribution in [3.8, 4) is 0 Å². The molecule has 0 amide bonds. The van der Waals surface area contributed by atoms with E-state index in [9.17, 15) is 9.18 Å². The number of aliphatic carboxylic acids is 1. The van der Waals surface area contributed by atoms with Crippen molar-refractivity contribution < 1.29 is 18.8 Å². The van der Waals surface area contributed by atoms with E-state index in [0.29, 0.717) is 12.3 Å². The fourth-order valence-corrected chi connectivity index (χ4v) is 1.35. The average molecular weight is 236 g/mol. The van der Waals surface area contributed by atoms with E-state index in [4.69, 9.17) is 9.63 Å². The molecule has 0 unspecified atom stereocenters. The molecule has 0 aliphatic rings. The summed E-state index contributed by atoms with van der Waals surface area (Å²) in [6.07, 6.45) is 0.0832. The van der Waals surface area contributed by atoms with Gasteiger partial charge in [-0.05, 0) is 17.7 Å². The van der Waals surface area contributed by atoms with E-state index in [0.717, 1.165) is 5.56 Å². The van der Waals surface area contributed by atoms with Crippen LogP contribution in [-0.2, 0) is 17.6 Å². The van der Waals surface area contributed by atoms with Gasteiger partial charge in [-0.25, -0.2) is 4.39 Å². The monoisotopic (exact) mass is 236 g/mol. The molecule has 2 aromatic rings. The van der Waals surface area contributed by atoms with Gasteiger partial charge >= 0.3 is 5.97 Å². The van der Waals surface area contributed by atoms with Crippen molar-refractivity contribution in [2.75, 3.05) is 0 Å². The van der Waals surface area contributed by atoms with E-state index in [1.807, 2.05) is 0 Å². The summed E-state index contributed by atoms with van der Waals surface area (Å²) in [6, 6.07) is 5.89. The Labute approximate surface area is 95.9 Å². The van der Waals surface area contributed by atoms with Crippen molar-refractivity contribution in [3.63, 3.8) is 0 Å². The Morgan fingerprint density at radius 1 is 1.35 bits per heavy atom. The molecule has 88 valence electrons. The first-order chi connectivity index (χ1) is 8.13. The van der Waals surface area contributed by atoms with Crippen LogP contribution >= 0.6 is 0 Å². The third-order valence-corrected chi connectivity index (χ3v) is 2.09. The number of hydrogen-bond acceptors (Lipinski definition) is 4. The first-order valence-electron chi connectivity index (χ1n) is 4.91. The van der Waals surface area contributed by atoms with Crippen LogP contribution in [0.2, 0.25) is 0 Å². The maximum atomic E-state index is 12.7. The van der Waals surface area contributed by atoms with Gasteiger partial charge < -0.3 is 9.63 Å². The van der Waals surface area contributed by atoms with Gasteiger partial charge in [-0.2, -0.15) is 4.98 Å². The van der Waals surface area contributed by atoms with Gasteiger partial charge in [-0.3, -0.25) is 4.79 Å². The summed E-state index contributed by atoms with van der Waals surface area (Å²) >= 11 is 0. The number of halogens is 1. The Bertz CT molecular complexity index is 522. The predicted molar refractivity (Wildman–Crippen MR) is 54.8 cm³/mol. The molecule has 0 fully saturated rings. The molecule has 0 saturated carbocycles. The van der Waals surface area contributed by atoms with Crippen LogP contribution in [0.5, 0.6) is 0 Å². The van der Waals surface area contributed by atoms with E-state index >= 15 is 0 Å². The SMILES string of the molecule is O=C(O)Cc1noc(Cc2ccc(F)cc2)n1. The van der Waals surface area contributed by atoms with Crippen molar-refractivity contribution in [1.82, 2.24) is 10.1 Å². The molecule has 17 heavy (non-hydrogen) atoms. The number of aromatic nitrogens is 2. The maximum Gasteiger partial charge on any atom is 0.311 e. The maximum absolute atomic E-state index is 12.7. The van der Waals surface area contributed by atoms with Crippen LogP contribution in [0.15, 0.2) is 28.8 Å². The lowest BCUT2D eigenvalue weighted by atomic mass is 10.1. The van der Waals surface area contributed by atoms with Crippen LogP contribution in [0.3, 0.4) is 0 Å². The van der Waals surface area contributed by atoms with Crippen LogP contribution in [0, 0.1) is 5.82 Å². The molecule has 0 aliphatic carbocycles. The topological polar surface area (TPSA) is 76.2 Å². The lowest BCUT2D eigenvalue weighted by Crippen LogP contribution is -2.01. The Morgan fingerprint density at radius 2 is 2.06 bits per heavy atom. The summed E-state index contributed by atoms with van der Waals surface area (Å²) < 4.78 is 17.5. The number of rotatable bonds is 4. The predicted octanol–water partition coefficient (Wildman–Crippen LogP) is 1.43. The van der Waals surface area contributed by atoms with Crippen LogP contribution < -0.4 is 0 Å². The molecule has 0 saturated heterocycles. The molecule has 6 heteroatoms. The van der Waals surface area contributed by atoms with Gasteiger partial charge in [-0.15, -0.1) is 0 Å². The molecule has 5 nitrogen and oxygen atoms in total. The van der Waals surface area contributed by atoms with Crippen LogP contribution in [0.25, 0.3) is 0 Å². The quantitative estimate of drug-likeness (QED) is 0.868. The van der Waals surface area contributed by atoms with Crippen LogP contribution in [0.4, 0.5) is 4.39 Å². The molecule has 1 aromatic carbocycles. The minimum absolute atomic E-state index is 0.134. The molecule has 1 N–H and O–H groups in total. The molecule has 0 atom stereocenters. The number of benzene rings is 1.